The maximum absolute atomic E-state index is 11.6. The zero-order valence-corrected chi connectivity index (χ0v) is 10.5. The van der Waals surface area contributed by atoms with Crippen molar-refractivity contribution in [1.82, 2.24) is 4.98 Å². The summed E-state index contributed by atoms with van der Waals surface area (Å²) in [6.07, 6.45) is 1.67. The maximum Gasteiger partial charge on any atom is 0.167 e. The van der Waals surface area contributed by atoms with E-state index in [0.29, 0.717) is 13.0 Å². The van der Waals surface area contributed by atoms with Crippen molar-refractivity contribution >= 4 is 21.7 Å². The number of Topliss-reactive ketones (excluding diaryl/α,β-unsaturated/α-hetero) is 1. The number of aromatic nitrogens is 1. The third-order valence-corrected chi connectivity index (χ3v) is 2.48. The summed E-state index contributed by atoms with van der Waals surface area (Å²) >= 11 is 3.29. The summed E-state index contributed by atoms with van der Waals surface area (Å²) in [5, 5.41) is 0. The van der Waals surface area contributed by atoms with Crippen molar-refractivity contribution in [2.24, 2.45) is 0 Å². The largest absolute Gasteiger partial charge is 0.371 e. The Balaban J connectivity index is 2.54. The van der Waals surface area contributed by atoms with Crippen LogP contribution in [0.1, 0.15) is 19.5 Å². The molecule has 0 saturated carbocycles. The molecule has 0 amide bonds. The summed E-state index contributed by atoms with van der Waals surface area (Å²) in [5.41, 5.74) is 0.773. The Morgan fingerprint density at radius 2 is 2.33 bits per heavy atom. The molecule has 0 aromatic carbocycles. The number of ether oxygens (including phenoxy) is 1. The Kier molecular flexibility index (Phi) is 4.91. The Hall–Kier alpha value is -0.740. The van der Waals surface area contributed by atoms with E-state index in [1.807, 2.05) is 19.1 Å². The van der Waals surface area contributed by atoms with E-state index in [-0.39, 0.29) is 11.9 Å². The highest BCUT2D eigenvalue weighted by Gasteiger charge is 2.13. The molecule has 1 aromatic rings. The summed E-state index contributed by atoms with van der Waals surface area (Å²) in [6, 6.07) is 3.71. The van der Waals surface area contributed by atoms with E-state index < -0.39 is 0 Å². The smallest absolute Gasteiger partial charge is 0.167 e. The monoisotopic (exact) mass is 271 g/mol. The third-order valence-electron chi connectivity index (χ3n) is 2.01. The molecule has 1 unspecified atom stereocenters. The van der Waals surface area contributed by atoms with Crippen molar-refractivity contribution < 1.29 is 9.53 Å². The quantitative estimate of drug-likeness (QED) is 0.826. The molecule has 1 aromatic heterocycles. The minimum absolute atomic E-state index is 0.0617. The van der Waals surface area contributed by atoms with Crippen LogP contribution in [0.25, 0.3) is 0 Å². The molecule has 1 heterocycles. The van der Waals surface area contributed by atoms with Crippen LogP contribution in [-0.4, -0.2) is 23.5 Å². The van der Waals surface area contributed by atoms with E-state index in [0.717, 1.165) is 10.2 Å². The highest BCUT2D eigenvalue weighted by Crippen LogP contribution is 2.08. The molecule has 0 aliphatic heterocycles. The van der Waals surface area contributed by atoms with E-state index >= 15 is 0 Å². The lowest BCUT2D eigenvalue weighted by molar-refractivity contribution is -0.128. The molecule has 0 fully saturated rings. The minimum atomic E-state index is -0.347. The number of ketones is 1. The van der Waals surface area contributed by atoms with Gasteiger partial charge >= 0.3 is 0 Å². The molecule has 1 atom stereocenters. The SMILES string of the molecule is CCOC(C)C(=O)Cc1ccc(Br)cn1. The van der Waals surface area contributed by atoms with Gasteiger partial charge in [-0.1, -0.05) is 0 Å². The zero-order chi connectivity index (χ0) is 11.3. The van der Waals surface area contributed by atoms with Crippen molar-refractivity contribution in [2.75, 3.05) is 6.61 Å². The summed E-state index contributed by atoms with van der Waals surface area (Å²) < 4.78 is 6.13. The van der Waals surface area contributed by atoms with Gasteiger partial charge in [-0.3, -0.25) is 9.78 Å². The van der Waals surface area contributed by atoms with Crippen molar-refractivity contribution in [1.29, 1.82) is 0 Å². The second kappa shape index (κ2) is 5.98. The maximum atomic E-state index is 11.6. The summed E-state index contributed by atoms with van der Waals surface area (Å²) in [6.45, 7) is 4.20. The first-order chi connectivity index (χ1) is 7.13. The van der Waals surface area contributed by atoms with Crippen LogP contribution in [-0.2, 0) is 16.0 Å². The lowest BCUT2D eigenvalue weighted by Crippen LogP contribution is -2.22. The van der Waals surface area contributed by atoms with Gasteiger partial charge in [-0.25, -0.2) is 0 Å². The van der Waals surface area contributed by atoms with Gasteiger partial charge in [-0.2, -0.15) is 0 Å². The molecule has 0 aliphatic rings. The van der Waals surface area contributed by atoms with Gasteiger partial charge in [-0.05, 0) is 41.9 Å². The molecular formula is C11H14BrNO2. The second-order valence-electron chi connectivity index (χ2n) is 3.21. The molecule has 1 rings (SSSR count). The molecule has 0 spiro atoms. The van der Waals surface area contributed by atoms with E-state index in [1.54, 1.807) is 13.1 Å². The second-order valence-corrected chi connectivity index (χ2v) is 4.12. The first-order valence-electron chi connectivity index (χ1n) is 4.88. The van der Waals surface area contributed by atoms with Crippen LogP contribution < -0.4 is 0 Å². The van der Waals surface area contributed by atoms with E-state index in [1.165, 1.54) is 0 Å². The van der Waals surface area contributed by atoms with Crippen molar-refractivity contribution in [3.63, 3.8) is 0 Å². The normalized spacial score (nSPS) is 12.5. The average Bonchev–Trinajstić information content (AvgIpc) is 2.22. The van der Waals surface area contributed by atoms with Gasteiger partial charge in [0.1, 0.15) is 6.10 Å². The van der Waals surface area contributed by atoms with Crippen LogP contribution in [0.5, 0.6) is 0 Å². The summed E-state index contributed by atoms with van der Waals surface area (Å²) in [4.78, 5) is 15.7. The first-order valence-corrected chi connectivity index (χ1v) is 5.67. The zero-order valence-electron chi connectivity index (χ0n) is 8.87. The number of halogens is 1. The molecule has 0 bridgehead atoms. The highest BCUT2D eigenvalue weighted by molar-refractivity contribution is 9.10. The van der Waals surface area contributed by atoms with Gasteiger partial charge in [0.25, 0.3) is 0 Å². The molecule has 0 radical (unpaired) electrons. The number of carbonyl (C=O) groups is 1. The number of rotatable bonds is 5. The van der Waals surface area contributed by atoms with Gasteiger partial charge in [0.05, 0.1) is 6.42 Å². The fraction of sp³-hybridized carbons (Fsp3) is 0.455. The van der Waals surface area contributed by atoms with Crippen molar-refractivity contribution in [3.8, 4) is 0 Å². The molecule has 15 heavy (non-hydrogen) atoms. The molecule has 82 valence electrons. The lowest BCUT2D eigenvalue weighted by Gasteiger charge is -2.09. The molecular weight excluding hydrogens is 258 g/mol. The Morgan fingerprint density at radius 1 is 1.60 bits per heavy atom. The number of hydrogen-bond acceptors (Lipinski definition) is 3. The van der Waals surface area contributed by atoms with Crippen molar-refractivity contribution in [2.45, 2.75) is 26.4 Å². The highest BCUT2D eigenvalue weighted by atomic mass is 79.9. The minimum Gasteiger partial charge on any atom is -0.371 e. The number of nitrogens with zero attached hydrogens (tertiary/aromatic N) is 1. The van der Waals surface area contributed by atoms with Gasteiger partial charge in [-0.15, -0.1) is 0 Å². The average molecular weight is 272 g/mol. The third kappa shape index (κ3) is 4.10. The van der Waals surface area contributed by atoms with Gasteiger partial charge in [0.15, 0.2) is 5.78 Å². The van der Waals surface area contributed by atoms with Crippen LogP contribution in [0.15, 0.2) is 22.8 Å². The van der Waals surface area contributed by atoms with Crippen LogP contribution >= 0.6 is 15.9 Å². The topological polar surface area (TPSA) is 39.2 Å². The van der Waals surface area contributed by atoms with Crippen LogP contribution in [0.4, 0.5) is 0 Å². The van der Waals surface area contributed by atoms with Crippen LogP contribution in [0, 0.1) is 0 Å². The van der Waals surface area contributed by atoms with Gasteiger partial charge < -0.3 is 4.74 Å². The predicted molar refractivity (Wildman–Crippen MR) is 61.7 cm³/mol. The molecule has 0 aliphatic carbocycles. The summed E-state index contributed by atoms with van der Waals surface area (Å²) in [7, 11) is 0. The van der Waals surface area contributed by atoms with Gasteiger partial charge in [0, 0.05) is 23.0 Å². The Morgan fingerprint density at radius 3 is 2.87 bits per heavy atom. The molecule has 3 nitrogen and oxygen atoms in total. The fourth-order valence-corrected chi connectivity index (χ4v) is 1.41. The molecule has 0 N–H and O–H groups in total. The number of hydrogen-bond donors (Lipinski definition) is 0. The summed E-state index contributed by atoms with van der Waals surface area (Å²) in [5.74, 6) is 0.0617. The predicted octanol–water partition coefficient (Wildman–Crippen LogP) is 2.38. The van der Waals surface area contributed by atoms with Gasteiger partial charge in [0.2, 0.25) is 0 Å². The Bertz CT molecular complexity index is 324. The van der Waals surface area contributed by atoms with Crippen LogP contribution in [0.3, 0.4) is 0 Å². The lowest BCUT2D eigenvalue weighted by atomic mass is 10.1. The number of pyridine rings is 1. The standard InChI is InChI=1S/C11H14BrNO2/c1-3-15-8(2)11(14)6-10-5-4-9(12)7-13-10/h4-5,7-8H,3,6H2,1-2H3. The van der Waals surface area contributed by atoms with Crippen LogP contribution in [0.2, 0.25) is 0 Å². The van der Waals surface area contributed by atoms with E-state index in [4.69, 9.17) is 4.74 Å². The molecule has 4 heteroatoms. The van der Waals surface area contributed by atoms with E-state index in [9.17, 15) is 4.79 Å². The fourth-order valence-electron chi connectivity index (χ4n) is 1.18. The Labute approximate surface area is 98.0 Å². The first kappa shape index (κ1) is 12.3. The van der Waals surface area contributed by atoms with Crippen molar-refractivity contribution in [3.05, 3.63) is 28.5 Å². The van der Waals surface area contributed by atoms with E-state index in [2.05, 4.69) is 20.9 Å². The molecule has 0 saturated heterocycles. The number of carbonyl (C=O) groups excluding carboxylic acids is 1.